The van der Waals surface area contributed by atoms with Gasteiger partial charge in [-0.25, -0.2) is 18.1 Å². The highest BCUT2D eigenvalue weighted by atomic mass is 32.2. The molecule has 0 aliphatic heterocycles. The Hall–Kier alpha value is -2.02. The van der Waals surface area contributed by atoms with Crippen LogP contribution in [0.15, 0.2) is 60.8 Å². The normalized spacial score (nSPS) is 11.6. The molecule has 0 radical (unpaired) electrons. The first-order valence-electron chi connectivity index (χ1n) is 8.01. The molecule has 0 aliphatic rings. The summed E-state index contributed by atoms with van der Waals surface area (Å²) in [5.41, 5.74) is 3.02. The third-order valence-corrected chi connectivity index (χ3v) is 6.15. The molecule has 1 aromatic heterocycles. The summed E-state index contributed by atoms with van der Waals surface area (Å²) in [6.45, 7) is 2.15. The van der Waals surface area contributed by atoms with Gasteiger partial charge in [0.25, 0.3) is 0 Å². The molecule has 4 nitrogen and oxygen atoms in total. The minimum absolute atomic E-state index is 0.0120. The first-order chi connectivity index (χ1) is 12.0. The van der Waals surface area contributed by atoms with Gasteiger partial charge in [-0.2, -0.15) is 0 Å². The summed E-state index contributed by atoms with van der Waals surface area (Å²) in [5, 5.41) is 0.777. The van der Waals surface area contributed by atoms with Crippen LogP contribution in [-0.2, 0) is 28.7 Å². The maximum absolute atomic E-state index is 12.3. The van der Waals surface area contributed by atoms with Crippen LogP contribution in [0, 0.1) is 6.92 Å². The summed E-state index contributed by atoms with van der Waals surface area (Å²) >= 11 is 1.54. The van der Waals surface area contributed by atoms with E-state index in [0.29, 0.717) is 0 Å². The second kappa shape index (κ2) is 7.91. The molecule has 1 heterocycles. The summed E-state index contributed by atoms with van der Waals surface area (Å²) in [6.07, 6.45) is 2.64. The highest BCUT2D eigenvalue weighted by Crippen LogP contribution is 2.18. The second-order valence-electron chi connectivity index (χ2n) is 5.89. The van der Waals surface area contributed by atoms with E-state index in [1.807, 2.05) is 55.6 Å². The number of nitrogens with zero attached hydrogens (tertiary/aromatic N) is 1. The van der Waals surface area contributed by atoms with E-state index >= 15 is 0 Å². The van der Waals surface area contributed by atoms with Gasteiger partial charge >= 0.3 is 0 Å². The van der Waals surface area contributed by atoms with Crippen molar-refractivity contribution in [2.75, 3.05) is 0 Å². The Balaban J connectivity index is 1.59. The zero-order valence-electron chi connectivity index (χ0n) is 14.0. The van der Waals surface area contributed by atoms with E-state index in [1.54, 1.807) is 0 Å². The van der Waals surface area contributed by atoms with Gasteiger partial charge < -0.3 is 0 Å². The van der Waals surface area contributed by atoms with Crippen LogP contribution in [-0.4, -0.2) is 13.4 Å². The molecule has 6 heteroatoms. The van der Waals surface area contributed by atoms with Crippen molar-refractivity contribution in [1.29, 1.82) is 0 Å². The van der Waals surface area contributed by atoms with E-state index in [-0.39, 0.29) is 12.3 Å². The highest BCUT2D eigenvalue weighted by molar-refractivity contribution is 7.88. The number of benzene rings is 2. The van der Waals surface area contributed by atoms with Gasteiger partial charge in [0.15, 0.2) is 0 Å². The number of sulfonamides is 1. The Kier molecular flexibility index (Phi) is 5.63. The minimum Gasteiger partial charge on any atom is -0.248 e. The lowest BCUT2D eigenvalue weighted by atomic mass is 10.1. The summed E-state index contributed by atoms with van der Waals surface area (Å²) in [6, 6.07) is 17.7. The first kappa shape index (κ1) is 17.8. The lowest BCUT2D eigenvalue weighted by Gasteiger charge is -2.07. The zero-order chi connectivity index (χ0) is 17.7. The SMILES string of the molecule is Cc1ccccc1CS(=O)(=O)NCc1ncc(Cc2ccccc2)s1. The monoisotopic (exact) mass is 372 g/mol. The van der Waals surface area contributed by atoms with E-state index in [0.717, 1.165) is 27.4 Å². The molecule has 0 amide bonds. The first-order valence-corrected chi connectivity index (χ1v) is 10.5. The largest absolute Gasteiger partial charge is 0.248 e. The molecular formula is C19H20N2O2S2. The summed E-state index contributed by atoms with van der Waals surface area (Å²) < 4.78 is 27.2. The van der Waals surface area contributed by atoms with Crippen molar-refractivity contribution < 1.29 is 8.42 Å². The highest BCUT2D eigenvalue weighted by Gasteiger charge is 2.14. The minimum atomic E-state index is -3.39. The third kappa shape index (κ3) is 5.22. The van der Waals surface area contributed by atoms with Crippen molar-refractivity contribution in [3.63, 3.8) is 0 Å². The average Bonchev–Trinajstić information content (AvgIpc) is 3.04. The van der Waals surface area contributed by atoms with E-state index < -0.39 is 10.0 Å². The van der Waals surface area contributed by atoms with Gasteiger partial charge in [-0.1, -0.05) is 54.6 Å². The molecule has 0 atom stereocenters. The predicted octanol–water partition coefficient (Wildman–Crippen LogP) is 3.66. The van der Waals surface area contributed by atoms with Crippen molar-refractivity contribution in [3.05, 3.63) is 87.4 Å². The van der Waals surface area contributed by atoms with Crippen LogP contribution >= 0.6 is 11.3 Å². The van der Waals surface area contributed by atoms with Crippen molar-refractivity contribution >= 4 is 21.4 Å². The fourth-order valence-corrected chi connectivity index (χ4v) is 4.69. The number of hydrogen-bond donors (Lipinski definition) is 1. The Morgan fingerprint density at radius 2 is 1.76 bits per heavy atom. The molecule has 3 rings (SSSR count). The van der Waals surface area contributed by atoms with Crippen molar-refractivity contribution in [2.45, 2.75) is 25.6 Å². The van der Waals surface area contributed by atoms with Gasteiger partial charge in [-0.15, -0.1) is 11.3 Å². The maximum atomic E-state index is 12.3. The summed E-state index contributed by atoms with van der Waals surface area (Å²) in [5.74, 6) is -0.0120. The molecule has 0 saturated carbocycles. The number of hydrogen-bond acceptors (Lipinski definition) is 4. The van der Waals surface area contributed by atoms with Crippen LogP contribution in [0.5, 0.6) is 0 Å². The fourth-order valence-electron chi connectivity index (χ4n) is 2.51. The smallest absolute Gasteiger partial charge is 0.216 e. The van der Waals surface area contributed by atoms with Crippen molar-refractivity contribution in [1.82, 2.24) is 9.71 Å². The Morgan fingerprint density at radius 3 is 2.52 bits per heavy atom. The molecule has 0 unspecified atom stereocenters. The summed E-state index contributed by atoms with van der Waals surface area (Å²) in [7, 11) is -3.39. The number of aromatic nitrogens is 1. The van der Waals surface area contributed by atoms with E-state index in [2.05, 4.69) is 21.8 Å². The van der Waals surface area contributed by atoms with Crippen LogP contribution in [0.3, 0.4) is 0 Å². The maximum Gasteiger partial charge on any atom is 0.216 e. The van der Waals surface area contributed by atoms with Crippen LogP contribution in [0.2, 0.25) is 0 Å². The fraction of sp³-hybridized carbons (Fsp3) is 0.211. The molecule has 0 fully saturated rings. The van der Waals surface area contributed by atoms with E-state index in [9.17, 15) is 8.42 Å². The van der Waals surface area contributed by atoms with Gasteiger partial charge in [0.05, 0.1) is 12.3 Å². The molecule has 25 heavy (non-hydrogen) atoms. The van der Waals surface area contributed by atoms with Crippen molar-refractivity contribution in [2.24, 2.45) is 0 Å². The number of rotatable bonds is 7. The second-order valence-corrected chi connectivity index (χ2v) is 8.90. The molecule has 0 saturated heterocycles. The van der Waals surface area contributed by atoms with Crippen LogP contribution in [0.25, 0.3) is 0 Å². The van der Waals surface area contributed by atoms with Gasteiger partial charge in [-0.3, -0.25) is 0 Å². The Labute approximate surface area is 152 Å². The standard InChI is InChI=1S/C19H20N2O2S2/c1-15-7-5-6-10-17(15)14-25(22,23)21-13-19-20-12-18(24-19)11-16-8-3-2-4-9-16/h2-10,12,21H,11,13-14H2,1H3. The van der Waals surface area contributed by atoms with E-state index in [4.69, 9.17) is 0 Å². The van der Waals surface area contributed by atoms with Crippen LogP contribution < -0.4 is 4.72 Å². The lowest BCUT2D eigenvalue weighted by molar-refractivity contribution is 0.580. The Morgan fingerprint density at radius 1 is 1.04 bits per heavy atom. The van der Waals surface area contributed by atoms with Gasteiger partial charge in [-0.05, 0) is 23.6 Å². The zero-order valence-corrected chi connectivity index (χ0v) is 15.6. The summed E-state index contributed by atoms with van der Waals surface area (Å²) in [4.78, 5) is 5.46. The molecule has 130 valence electrons. The Bertz CT molecular complexity index is 935. The molecular weight excluding hydrogens is 352 g/mol. The predicted molar refractivity (Wildman–Crippen MR) is 102 cm³/mol. The number of thiazole rings is 1. The van der Waals surface area contributed by atoms with Crippen LogP contribution in [0.4, 0.5) is 0 Å². The molecule has 3 aromatic rings. The topological polar surface area (TPSA) is 59.1 Å². The molecule has 0 spiro atoms. The van der Waals surface area contributed by atoms with Crippen molar-refractivity contribution in [3.8, 4) is 0 Å². The molecule has 0 bridgehead atoms. The van der Waals surface area contributed by atoms with Crippen LogP contribution in [0.1, 0.15) is 26.6 Å². The average molecular weight is 373 g/mol. The number of aryl methyl sites for hydroxylation is 1. The van der Waals surface area contributed by atoms with Gasteiger partial charge in [0.2, 0.25) is 10.0 Å². The quantitative estimate of drug-likeness (QED) is 0.688. The molecule has 2 aromatic carbocycles. The van der Waals surface area contributed by atoms with Gasteiger partial charge in [0.1, 0.15) is 5.01 Å². The molecule has 1 N–H and O–H groups in total. The lowest BCUT2D eigenvalue weighted by Crippen LogP contribution is -2.24. The van der Waals surface area contributed by atoms with Gasteiger partial charge in [0, 0.05) is 17.5 Å². The molecule has 0 aliphatic carbocycles. The number of nitrogens with one attached hydrogen (secondary N) is 1. The van der Waals surface area contributed by atoms with E-state index in [1.165, 1.54) is 16.9 Å². The third-order valence-electron chi connectivity index (χ3n) is 3.87.